The molecule has 4 rings (SSSR count). The van der Waals surface area contributed by atoms with Crippen LogP contribution < -0.4 is 16.0 Å². The van der Waals surface area contributed by atoms with E-state index in [1.165, 1.54) is 16.2 Å². The average molecular weight is 545 g/mol. The van der Waals surface area contributed by atoms with Crippen LogP contribution in [-0.4, -0.2) is 18.4 Å². The van der Waals surface area contributed by atoms with Crippen molar-refractivity contribution in [3.63, 3.8) is 0 Å². The summed E-state index contributed by atoms with van der Waals surface area (Å²) in [4.78, 5) is 27.3. The summed E-state index contributed by atoms with van der Waals surface area (Å²) in [5.41, 5.74) is 2.57. The Kier molecular flexibility index (Phi) is 7.60. The number of furan rings is 1. The molecule has 1 unspecified atom stereocenters. The highest BCUT2D eigenvalue weighted by atomic mass is 79.9. The Morgan fingerprint density at radius 2 is 1.91 bits per heavy atom. The first-order valence-corrected chi connectivity index (χ1v) is 13.1. The highest BCUT2D eigenvalue weighted by molar-refractivity contribution is 9.10. The topological polar surface area (TPSA) is 83.4 Å². The SMILES string of the molecule is CC(C)(C)C1CCc2c(sc(NC(=O)CNCc3ccco3)c2C(=O)Nc2ccc(Br)cc2)C1. The fraction of sp³-hybridized carbons (Fsp3) is 0.385. The summed E-state index contributed by atoms with van der Waals surface area (Å²) >= 11 is 4.96. The molecule has 0 saturated carbocycles. The van der Waals surface area contributed by atoms with E-state index in [0.717, 1.165) is 35.1 Å². The molecule has 0 spiro atoms. The summed E-state index contributed by atoms with van der Waals surface area (Å²) in [5.74, 6) is 0.935. The van der Waals surface area contributed by atoms with Crippen LogP contribution in [0.25, 0.3) is 0 Å². The van der Waals surface area contributed by atoms with E-state index < -0.39 is 0 Å². The van der Waals surface area contributed by atoms with Gasteiger partial charge in [-0.3, -0.25) is 9.59 Å². The molecule has 0 radical (unpaired) electrons. The van der Waals surface area contributed by atoms with Crippen LogP contribution in [0.5, 0.6) is 0 Å². The van der Waals surface area contributed by atoms with Gasteiger partial charge in [-0.05, 0) is 72.6 Å². The molecule has 1 aromatic carbocycles. The maximum absolute atomic E-state index is 13.4. The van der Waals surface area contributed by atoms with Gasteiger partial charge in [-0.1, -0.05) is 36.7 Å². The molecule has 3 N–H and O–H groups in total. The van der Waals surface area contributed by atoms with Crippen LogP contribution in [0.2, 0.25) is 0 Å². The summed E-state index contributed by atoms with van der Waals surface area (Å²) in [7, 11) is 0. The Balaban J connectivity index is 1.54. The van der Waals surface area contributed by atoms with Crippen molar-refractivity contribution in [2.24, 2.45) is 11.3 Å². The maximum atomic E-state index is 13.4. The van der Waals surface area contributed by atoms with E-state index in [9.17, 15) is 9.59 Å². The first-order valence-electron chi connectivity index (χ1n) is 11.4. The van der Waals surface area contributed by atoms with Gasteiger partial charge in [0.15, 0.2) is 0 Å². The smallest absolute Gasteiger partial charge is 0.258 e. The molecule has 1 aliphatic rings. The van der Waals surface area contributed by atoms with Crippen molar-refractivity contribution in [3.8, 4) is 0 Å². The van der Waals surface area contributed by atoms with Crippen LogP contribution in [0.4, 0.5) is 10.7 Å². The van der Waals surface area contributed by atoms with Crippen molar-refractivity contribution in [3.05, 3.63) is 68.9 Å². The molecule has 2 amide bonds. The summed E-state index contributed by atoms with van der Waals surface area (Å²) in [6, 6.07) is 11.2. The second-order valence-electron chi connectivity index (χ2n) is 9.71. The zero-order valence-corrected chi connectivity index (χ0v) is 22.1. The van der Waals surface area contributed by atoms with Gasteiger partial charge in [0.25, 0.3) is 5.91 Å². The number of carbonyl (C=O) groups is 2. The van der Waals surface area contributed by atoms with E-state index in [0.29, 0.717) is 28.7 Å². The van der Waals surface area contributed by atoms with Crippen molar-refractivity contribution in [1.29, 1.82) is 0 Å². The molecule has 0 fully saturated rings. The monoisotopic (exact) mass is 543 g/mol. The van der Waals surface area contributed by atoms with Gasteiger partial charge in [0.05, 0.1) is 24.9 Å². The van der Waals surface area contributed by atoms with Crippen molar-refractivity contribution in [2.75, 3.05) is 17.2 Å². The average Bonchev–Trinajstić information content (AvgIpc) is 3.41. The first-order chi connectivity index (χ1) is 16.2. The quantitative estimate of drug-likeness (QED) is 0.329. The lowest BCUT2D eigenvalue weighted by Crippen LogP contribution is -2.28. The minimum atomic E-state index is -0.187. The lowest BCUT2D eigenvalue weighted by Gasteiger charge is -2.33. The highest BCUT2D eigenvalue weighted by Gasteiger charge is 2.34. The molecule has 34 heavy (non-hydrogen) atoms. The van der Waals surface area contributed by atoms with Gasteiger partial charge < -0.3 is 20.4 Å². The summed E-state index contributed by atoms with van der Waals surface area (Å²) in [6.07, 6.45) is 4.40. The number of anilines is 2. The van der Waals surface area contributed by atoms with Gasteiger partial charge in [-0.2, -0.15) is 0 Å². The van der Waals surface area contributed by atoms with Crippen LogP contribution in [0.3, 0.4) is 0 Å². The standard InChI is InChI=1S/C26H30BrN3O3S/c1-26(2,3)16-6-11-20-21(13-16)34-25(30-22(31)15-28-14-19-5-4-12-33-19)23(20)24(32)29-18-9-7-17(27)8-10-18/h4-5,7-10,12,16,28H,6,11,13-15H2,1-3H3,(H,29,32)(H,30,31). The van der Waals surface area contributed by atoms with Gasteiger partial charge in [0, 0.05) is 15.0 Å². The maximum Gasteiger partial charge on any atom is 0.258 e. The predicted octanol–water partition coefficient (Wildman–Crippen LogP) is 6.24. The molecule has 1 aliphatic carbocycles. The molecule has 6 nitrogen and oxygen atoms in total. The van der Waals surface area contributed by atoms with Gasteiger partial charge in [0.1, 0.15) is 10.8 Å². The van der Waals surface area contributed by atoms with Crippen molar-refractivity contribution in [1.82, 2.24) is 5.32 Å². The Morgan fingerprint density at radius 1 is 1.15 bits per heavy atom. The van der Waals surface area contributed by atoms with E-state index >= 15 is 0 Å². The number of carbonyl (C=O) groups excluding carboxylic acids is 2. The van der Waals surface area contributed by atoms with Gasteiger partial charge in [0.2, 0.25) is 5.91 Å². The van der Waals surface area contributed by atoms with Gasteiger partial charge in [-0.15, -0.1) is 11.3 Å². The number of nitrogens with one attached hydrogen (secondary N) is 3. The van der Waals surface area contributed by atoms with Gasteiger partial charge in [-0.25, -0.2) is 0 Å². The third-order valence-electron chi connectivity index (χ3n) is 6.24. The van der Waals surface area contributed by atoms with Crippen molar-refractivity contribution < 1.29 is 14.0 Å². The zero-order valence-electron chi connectivity index (χ0n) is 19.7. The van der Waals surface area contributed by atoms with Crippen LogP contribution in [0, 0.1) is 11.3 Å². The predicted molar refractivity (Wildman–Crippen MR) is 140 cm³/mol. The second kappa shape index (κ2) is 10.5. The number of benzene rings is 1. The molecule has 3 aromatic rings. The third kappa shape index (κ3) is 5.98. The lowest BCUT2D eigenvalue weighted by molar-refractivity contribution is -0.115. The van der Waals surface area contributed by atoms with E-state index in [4.69, 9.17) is 4.42 Å². The molecular formula is C26H30BrN3O3S. The van der Waals surface area contributed by atoms with Crippen LogP contribution in [0.1, 0.15) is 53.8 Å². The minimum Gasteiger partial charge on any atom is -0.468 e. The summed E-state index contributed by atoms with van der Waals surface area (Å²) in [6.45, 7) is 7.40. The summed E-state index contributed by atoms with van der Waals surface area (Å²) < 4.78 is 6.24. The molecule has 1 atom stereocenters. The Hall–Kier alpha value is -2.42. The fourth-order valence-electron chi connectivity index (χ4n) is 4.26. The molecule has 0 bridgehead atoms. The van der Waals surface area contributed by atoms with E-state index in [1.54, 1.807) is 6.26 Å². The van der Waals surface area contributed by atoms with E-state index in [2.05, 4.69) is 52.7 Å². The number of halogens is 1. The number of hydrogen-bond acceptors (Lipinski definition) is 5. The summed E-state index contributed by atoms with van der Waals surface area (Å²) in [5, 5.41) is 9.71. The van der Waals surface area contributed by atoms with Gasteiger partial charge >= 0.3 is 0 Å². The number of hydrogen-bond donors (Lipinski definition) is 3. The van der Waals surface area contributed by atoms with E-state index in [1.807, 2.05) is 36.4 Å². The van der Waals surface area contributed by atoms with Crippen molar-refractivity contribution >= 4 is 49.8 Å². The number of amides is 2. The molecule has 180 valence electrons. The lowest BCUT2D eigenvalue weighted by atomic mass is 9.72. The van der Waals surface area contributed by atoms with Crippen LogP contribution in [0.15, 0.2) is 51.6 Å². The molecule has 0 saturated heterocycles. The van der Waals surface area contributed by atoms with E-state index in [-0.39, 0.29) is 23.8 Å². The Labute approximate surface area is 212 Å². The molecule has 0 aliphatic heterocycles. The number of thiophene rings is 1. The second-order valence-corrected chi connectivity index (χ2v) is 11.7. The number of fused-ring (bicyclic) bond motifs is 1. The first kappa shape index (κ1) is 24.7. The van der Waals surface area contributed by atoms with Crippen LogP contribution >= 0.6 is 27.3 Å². The minimum absolute atomic E-state index is 0.127. The molecule has 2 heterocycles. The molecule has 2 aromatic heterocycles. The molecule has 8 heteroatoms. The van der Waals surface area contributed by atoms with Crippen molar-refractivity contribution in [2.45, 2.75) is 46.6 Å². The van der Waals surface area contributed by atoms with Crippen LogP contribution in [-0.2, 0) is 24.2 Å². The fourth-order valence-corrected chi connectivity index (χ4v) is 5.87. The normalized spacial score (nSPS) is 15.6. The number of rotatable bonds is 7. The third-order valence-corrected chi connectivity index (χ3v) is 7.94. The highest BCUT2D eigenvalue weighted by Crippen LogP contribution is 2.44. The zero-order chi connectivity index (χ0) is 24.3. The molecular weight excluding hydrogens is 514 g/mol. The Bertz CT molecular complexity index is 1150. The Morgan fingerprint density at radius 3 is 2.59 bits per heavy atom. The largest absolute Gasteiger partial charge is 0.468 e.